The molecular weight excluding hydrogens is 248 g/mol. The quantitative estimate of drug-likeness (QED) is 0.870. The summed E-state index contributed by atoms with van der Waals surface area (Å²) in [5, 5.41) is 5.38. The van der Waals surface area contributed by atoms with Crippen LogP contribution >= 0.6 is 11.3 Å². The van der Waals surface area contributed by atoms with Gasteiger partial charge in [-0.15, -0.1) is 11.3 Å². The summed E-state index contributed by atoms with van der Waals surface area (Å²) < 4.78 is 10.6. The molecule has 4 nitrogen and oxygen atoms in total. The van der Waals surface area contributed by atoms with Crippen LogP contribution in [0.1, 0.15) is 11.3 Å². The van der Waals surface area contributed by atoms with E-state index in [1.165, 1.54) is 0 Å². The molecule has 2 aromatic rings. The summed E-state index contributed by atoms with van der Waals surface area (Å²) in [4.78, 5) is 4.22. The van der Waals surface area contributed by atoms with Gasteiger partial charge in [0, 0.05) is 24.0 Å². The SMILES string of the molecule is COc1cccc(CNCc2cscn2)c1OC. The smallest absolute Gasteiger partial charge is 0.165 e. The standard InChI is InChI=1S/C13H16N2O2S/c1-16-12-5-3-4-10(13(12)17-2)6-14-7-11-8-18-9-15-11/h3-5,8-9,14H,6-7H2,1-2H3. The number of para-hydroxylation sites is 1. The highest BCUT2D eigenvalue weighted by Crippen LogP contribution is 2.30. The summed E-state index contributed by atoms with van der Waals surface area (Å²) in [6, 6.07) is 5.87. The Hall–Kier alpha value is -1.59. The molecule has 0 aliphatic carbocycles. The molecule has 0 atom stereocenters. The van der Waals surface area contributed by atoms with Crippen molar-refractivity contribution in [1.82, 2.24) is 10.3 Å². The molecule has 1 aromatic carbocycles. The molecule has 5 heteroatoms. The van der Waals surface area contributed by atoms with E-state index in [2.05, 4.69) is 10.3 Å². The van der Waals surface area contributed by atoms with Crippen LogP contribution in [0.5, 0.6) is 11.5 Å². The lowest BCUT2D eigenvalue weighted by Gasteiger charge is -2.12. The van der Waals surface area contributed by atoms with Crippen molar-refractivity contribution in [2.24, 2.45) is 0 Å². The Morgan fingerprint density at radius 1 is 1.22 bits per heavy atom. The first kappa shape index (κ1) is 12.9. The minimum atomic E-state index is 0.720. The average molecular weight is 264 g/mol. The molecule has 0 bridgehead atoms. The molecule has 0 spiro atoms. The maximum atomic E-state index is 5.38. The van der Waals surface area contributed by atoms with Gasteiger partial charge >= 0.3 is 0 Å². The van der Waals surface area contributed by atoms with Gasteiger partial charge in [-0.25, -0.2) is 4.98 Å². The molecular formula is C13H16N2O2S. The zero-order valence-corrected chi connectivity index (χ0v) is 11.3. The second-order valence-corrected chi connectivity index (χ2v) is 4.45. The summed E-state index contributed by atoms with van der Waals surface area (Å²) in [5.41, 5.74) is 3.97. The van der Waals surface area contributed by atoms with Crippen molar-refractivity contribution in [3.63, 3.8) is 0 Å². The number of ether oxygens (including phenoxy) is 2. The van der Waals surface area contributed by atoms with Crippen molar-refractivity contribution in [2.75, 3.05) is 14.2 Å². The maximum absolute atomic E-state index is 5.38. The minimum Gasteiger partial charge on any atom is -0.493 e. The van der Waals surface area contributed by atoms with Crippen LogP contribution in [0.4, 0.5) is 0 Å². The van der Waals surface area contributed by atoms with E-state index >= 15 is 0 Å². The molecule has 0 aliphatic rings. The molecule has 0 fully saturated rings. The number of nitrogens with zero attached hydrogens (tertiary/aromatic N) is 1. The van der Waals surface area contributed by atoms with Crippen LogP contribution in [0, 0.1) is 0 Å². The highest BCUT2D eigenvalue weighted by Gasteiger charge is 2.08. The third-order valence-corrected chi connectivity index (χ3v) is 3.22. The van der Waals surface area contributed by atoms with Crippen LogP contribution in [0.15, 0.2) is 29.1 Å². The second kappa shape index (κ2) is 6.37. The fraction of sp³-hybridized carbons (Fsp3) is 0.308. The van der Waals surface area contributed by atoms with Crippen LogP contribution < -0.4 is 14.8 Å². The number of benzene rings is 1. The Kier molecular flexibility index (Phi) is 4.55. The highest BCUT2D eigenvalue weighted by molar-refractivity contribution is 7.07. The van der Waals surface area contributed by atoms with E-state index in [1.807, 2.05) is 29.1 Å². The Labute approximate surface area is 111 Å². The molecule has 96 valence electrons. The van der Waals surface area contributed by atoms with E-state index < -0.39 is 0 Å². The number of methoxy groups -OCH3 is 2. The van der Waals surface area contributed by atoms with E-state index in [4.69, 9.17) is 9.47 Å². The molecule has 1 N–H and O–H groups in total. The van der Waals surface area contributed by atoms with Gasteiger partial charge in [0.25, 0.3) is 0 Å². The third-order valence-electron chi connectivity index (χ3n) is 2.59. The van der Waals surface area contributed by atoms with Crippen LogP contribution in [0.25, 0.3) is 0 Å². The fourth-order valence-electron chi connectivity index (χ4n) is 1.74. The number of aromatic nitrogens is 1. The van der Waals surface area contributed by atoms with Gasteiger partial charge in [0.2, 0.25) is 0 Å². The molecule has 0 unspecified atom stereocenters. The normalized spacial score (nSPS) is 10.3. The van der Waals surface area contributed by atoms with E-state index in [-0.39, 0.29) is 0 Å². The zero-order chi connectivity index (χ0) is 12.8. The molecule has 1 aromatic heterocycles. The molecule has 1 heterocycles. The van der Waals surface area contributed by atoms with Gasteiger partial charge in [-0.2, -0.15) is 0 Å². The molecule has 0 aliphatic heterocycles. The summed E-state index contributed by atoms with van der Waals surface area (Å²) >= 11 is 1.60. The molecule has 0 saturated carbocycles. The molecule has 2 rings (SSSR count). The molecule has 0 radical (unpaired) electrons. The van der Waals surface area contributed by atoms with E-state index in [1.54, 1.807) is 25.6 Å². The number of nitrogens with one attached hydrogen (secondary N) is 1. The monoisotopic (exact) mass is 264 g/mol. The topological polar surface area (TPSA) is 43.4 Å². The summed E-state index contributed by atoms with van der Waals surface area (Å²) in [6.07, 6.45) is 0. The Balaban J connectivity index is 2.00. The van der Waals surface area contributed by atoms with Gasteiger partial charge < -0.3 is 14.8 Å². The first-order valence-corrected chi connectivity index (χ1v) is 6.57. The number of hydrogen-bond acceptors (Lipinski definition) is 5. The Morgan fingerprint density at radius 3 is 2.78 bits per heavy atom. The predicted octanol–water partition coefficient (Wildman–Crippen LogP) is 2.45. The highest BCUT2D eigenvalue weighted by atomic mass is 32.1. The molecule has 0 amide bonds. The summed E-state index contributed by atoms with van der Waals surface area (Å²) in [7, 11) is 3.30. The van der Waals surface area contributed by atoms with Crippen molar-refractivity contribution < 1.29 is 9.47 Å². The minimum absolute atomic E-state index is 0.720. The Morgan fingerprint density at radius 2 is 2.11 bits per heavy atom. The van der Waals surface area contributed by atoms with Crippen molar-refractivity contribution in [1.29, 1.82) is 0 Å². The predicted molar refractivity (Wildman–Crippen MR) is 72.2 cm³/mol. The number of hydrogen-bond donors (Lipinski definition) is 1. The van der Waals surface area contributed by atoms with E-state index in [9.17, 15) is 0 Å². The van der Waals surface area contributed by atoms with Gasteiger partial charge in [0.1, 0.15) is 0 Å². The third kappa shape index (κ3) is 3.00. The molecule has 0 saturated heterocycles. The Bertz CT molecular complexity index is 486. The lowest BCUT2D eigenvalue weighted by atomic mass is 10.2. The van der Waals surface area contributed by atoms with E-state index in [0.717, 1.165) is 35.8 Å². The van der Waals surface area contributed by atoms with Crippen molar-refractivity contribution in [3.8, 4) is 11.5 Å². The van der Waals surface area contributed by atoms with Crippen molar-refractivity contribution >= 4 is 11.3 Å². The lowest BCUT2D eigenvalue weighted by Crippen LogP contribution is -2.13. The maximum Gasteiger partial charge on any atom is 0.165 e. The second-order valence-electron chi connectivity index (χ2n) is 3.74. The first-order chi connectivity index (χ1) is 8.85. The van der Waals surface area contributed by atoms with Gasteiger partial charge in [-0.1, -0.05) is 12.1 Å². The van der Waals surface area contributed by atoms with Gasteiger partial charge in [-0.05, 0) is 6.07 Å². The van der Waals surface area contributed by atoms with Crippen LogP contribution in [0.2, 0.25) is 0 Å². The zero-order valence-electron chi connectivity index (χ0n) is 10.5. The number of thiazole rings is 1. The van der Waals surface area contributed by atoms with Gasteiger partial charge in [-0.3, -0.25) is 0 Å². The average Bonchev–Trinajstić information content (AvgIpc) is 2.91. The van der Waals surface area contributed by atoms with Crippen LogP contribution in [-0.4, -0.2) is 19.2 Å². The fourth-order valence-corrected chi connectivity index (χ4v) is 2.30. The summed E-state index contributed by atoms with van der Waals surface area (Å²) in [6.45, 7) is 1.47. The van der Waals surface area contributed by atoms with Gasteiger partial charge in [0.15, 0.2) is 11.5 Å². The summed E-state index contributed by atoms with van der Waals surface area (Å²) in [5.74, 6) is 1.54. The number of rotatable bonds is 6. The lowest BCUT2D eigenvalue weighted by molar-refractivity contribution is 0.350. The van der Waals surface area contributed by atoms with E-state index in [0.29, 0.717) is 0 Å². The molecule has 18 heavy (non-hydrogen) atoms. The largest absolute Gasteiger partial charge is 0.493 e. The van der Waals surface area contributed by atoms with Crippen molar-refractivity contribution in [3.05, 3.63) is 40.3 Å². The first-order valence-electron chi connectivity index (χ1n) is 5.62. The van der Waals surface area contributed by atoms with Crippen LogP contribution in [0.3, 0.4) is 0 Å². The van der Waals surface area contributed by atoms with Crippen molar-refractivity contribution in [2.45, 2.75) is 13.1 Å². The van der Waals surface area contributed by atoms with Gasteiger partial charge in [0.05, 0.1) is 25.4 Å². The van der Waals surface area contributed by atoms with Crippen LogP contribution in [-0.2, 0) is 13.1 Å².